The summed E-state index contributed by atoms with van der Waals surface area (Å²) in [4.78, 5) is 14.6. The van der Waals surface area contributed by atoms with Gasteiger partial charge in [0.05, 0.1) is 0 Å². The third-order valence-corrected chi connectivity index (χ3v) is 5.14. The van der Waals surface area contributed by atoms with E-state index < -0.39 is 0 Å². The van der Waals surface area contributed by atoms with Crippen molar-refractivity contribution < 1.29 is 4.79 Å². The minimum atomic E-state index is 0.174. The molecule has 0 spiro atoms. The number of halogens is 1. The normalized spacial score (nSPS) is 27.9. The average molecular weight is 308 g/mol. The van der Waals surface area contributed by atoms with Crippen molar-refractivity contribution in [1.29, 1.82) is 0 Å². The fourth-order valence-electron chi connectivity index (χ4n) is 3.47. The molecule has 0 N–H and O–H groups in total. The van der Waals surface area contributed by atoms with E-state index in [2.05, 4.69) is 38.8 Å². The summed E-state index contributed by atoms with van der Waals surface area (Å²) >= 11 is 6.08. The molecule has 1 aromatic rings. The molecule has 1 aromatic carbocycles. The quantitative estimate of drug-likeness (QED) is 0.811. The molecule has 0 radical (unpaired) electrons. The first-order chi connectivity index (χ1) is 9.88. The number of hydrogen-bond acceptors (Lipinski definition) is 2. The third-order valence-electron chi connectivity index (χ3n) is 4.90. The van der Waals surface area contributed by atoms with E-state index >= 15 is 0 Å². The first kappa shape index (κ1) is 16.5. The van der Waals surface area contributed by atoms with Crippen molar-refractivity contribution in [1.82, 2.24) is 4.90 Å². The predicted molar refractivity (Wildman–Crippen MR) is 88.6 cm³/mol. The van der Waals surface area contributed by atoms with Crippen LogP contribution in [0.2, 0.25) is 5.02 Å². The number of Topliss-reactive ketones (excluding diaryl/α,β-unsaturated/α-hetero) is 1. The number of hydrogen-bond donors (Lipinski definition) is 0. The Bertz CT molecular complexity index is 502. The first-order valence-electron chi connectivity index (χ1n) is 7.87. The van der Waals surface area contributed by atoms with Crippen LogP contribution in [0.5, 0.6) is 0 Å². The highest BCUT2D eigenvalue weighted by Gasteiger charge is 2.33. The Morgan fingerprint density at radius 2 is 2.10 bits per heavy atom. The lowest BCUT2D eigenvalue weighted by atomic mass is 9.74. The van der Waals surface area contributed by atoms with Crippen LogP contribution in [0.3, 0.4) is 0 Å². The Morgan fingerprint density at radius 1 is 1.38 bits per heavy atom. The standard InChI is InChI=1S/C18H26ClNO/c1-12-8-13(2)17(18(21)9-12)11-20(4)14(3)15-6-5-7-16(19)10-15/h5-7,10,12-14,17H,8-9,11H2,1-4H3. The van der Waals surface area contributed by atoms with Gasteiger partial charge < -0.3 is 0 Å². The monoisotopic (exact) mass is 307 g/mol. The molecule has 0 aromatic heterocycles. The SMILES string of the molecule is CC1CC(=O)C(CN(C)C(C)c2cccc(Cl)c2)C(C)C1. The summed E-state index contributed by atoms with van der Waals surface area (Å²) in [6.07, 6.45) is 1.91. The van der Waals surface area contributed by atoms with E-state index in [0.717, 1.165) is 24.4 Å². The second-order valence-electron chi connectivity index (χ2n) is 6.77. The van der Waals surface area contributed by atoms with Gasteiger partial charge in [-0.05, 0) is 49.9 Å². The van der Waals surface area contributed by atoms with Crippen molar-refractivity contribution in [2.24, 2.45) is 17.8 Å². The highest BCUT2D eigenvalue weighted by molar-refractivity contribution is 6.30. The molecular weight excluding hydrogens is 282 g/mol. The summed E-state index contributed by atoms with van der Waals surface area (Å²) in [6.45, 7) is 7.41. The zero-order valence-corrected chi connectivity index (χ0v) is 14.2. The molecular formula is C18H26ClNO. The molecule has 1 aliphatic rings. The second-order valence-corrected chi connectivity index (χ2v) is 7.20. The number of rotatable bonds is 4. The van der Waals surface area contributed by atoms with Gasteiger partial charge in [-0.2, -0.15) is 0 Å². The van der Waals surface area contributed by atoms with Crippen molar-refractivity contribution in [3.05, 3.63) is 34.9 Å². The summed E-state index contributed by atoms with van der Waals surface area (Å²) < 4.78 is 0. The molecule has 1 saturated carbocycles. The highest BCUT2D eigenvalue weighted by Crippen LogP contribution is 2.33. The van der Waals surface area contributed by atoms with Crippen molar-refractivity contribution in [2.75, 3.05) is 13.6 Å². The summed E-state index contributed by atoms with van der Waals surface area (Å²) in [6, 6.07) is 8.25. The van der Waals surface area contributed by atoms with Crippen LogP contribution in [-0.4, -0.2) is 24.3 Å². The van der Waals surface area contributed by atoms with E-state index in [1.54, 1.807) is 0 Å². The number of carbonyl (C=O) groups excluding carboxylic acids is 1. The predicted octanol–water partition coefficient (Wildman–Crippen LogP) is 4.58. The van der Waals surface area contributed by atoms with Crippen molar-refractivity contribution in [3.8, 4) is 0 Å². The van der Waals surface area contributed by atoms with E-state index in [0.29, 0.717) is 17.6 Å². The average Bonchev–Trinajstić information content (AvgIpc) is 2.41. The third kappa shape index (κ3) is 4.08. The maximum absolute atomic E-state index is 12.3. The van der Waals surface area contributed by atoms with Crippen LogP contribution in [0.25, 0.3) is 0 Å². The molecule has 1 aliphatic carbocycles. The summed E-state index contributed by atoms with van der Waals surface area (Å²) in [5, 5.41) is 0.767. The molecule has 1 fully saturated rings. The van der Waals surface area contributed by atoms with Gasteiger partial charge in [0.2, 0.25) is 0 Å². The van der Waals surface area contributed by atoms with Crippen molar-refractivity contribution in [2.45, 2.75) is 39.7 Å². The van der Waals surface area contributed by atoms with Gasteiger partial charge >= 0.3 is 0 Å². The molecule has 4 atom stereocenters. The molecule has 0 amide bonds. The van der Waals surface area contributed by atoms with E-state index in [1.165, 1.54) is 5.56 Å². The number of ketones is 1. The van der Waals surface area contributed by atoms with Gasteiger partial charge in [-0.1, -0.05) is 37.6 Å². The van der Waals surface area contributed by atoms with Crippen LogP contribution < -0.4 is 0 Å². The Hall–Kier alpha value is -0.860. The zero-order valence-electron chi connectivity index (χ0n) is 13.5. The minimum Gasteiger partial charge on any atom is -0.299 e. The van der Waals surface area contributed by atoms with Crippen LogP contribution in [0.4, 0.5) is 0 Å². The highest BCUT2D eigenvalue weighted by atomic mass is 35.5. The van der Waals surface area contributed by atoms with E-state index in [-0.39, 0.29) is 12.0 Å². The number of nitrogens with zero attached hydrogens (tertiary/aromatic N) is 1. The summed E-state index contributed by atoms with van der Waals surface area (Å²) in [7, 11) is 2.10. The molecule has 2 rings (SSSR count). The lowest BCUT2D eigenvalue weighted by Crippen LogP contribution is -2.39. The van der Waals surface area contributed by atoms with Gasteiger partial charge in [0.15, 0.2) is 0 Å². The molecule has 4 unspecified atom stereocenters. The van der Waals surface area contributed by atoms with Gasteiger partial charge in [0.1, 0.15) is 5.78 Å². The van der Waals surface area contributed by atoms with Gasteiger partial charge in [0, 0.05) is 29.9 Å². The number of carbonyl (C=O) groups is 1. The zero-order chi connectivity index (χ0) is 15.6. The number of benzene rings is 1. The van der Waals surface area contributed by atoms with Gasteiger partial charge in [-0.25, -0.2) is 0 Å². The molecule has 116 valence electrons. The Balaban J connectivity index is 2.03. The Morgan fingerprint density at radius 3 is 2.71 bits per heavy atom. The van der Waals surface area contributed by atoms with Crippen molar-refractivity contribution >= 4 is 17.4 Å². The van der Waals surface area contributed by atoms with Gasteiger partial charge in [-0.15, -0.1) is 0 Å². The van der Waals surface area contributed by atoms with Crippen LogP contribution in [0.15, 0.2) is 24.3 Å². The van der Waals surface area contributed by atoms with Crippen LogP contribution in [0.1, 0.15) is 45.2 Å². The first-order valence-corrected chi connectivity index (χ1v) is 8.24. The molecule has 21 heavy (non-hydrogen) atoms. The fraction of sp³-hybridized carbons (Fsp3) is 0.611. The maximum Gasteiger partial charge on any atom is 0.137 e. The van der Waals surface area contributed by atoms with Crippen LogP contribution in [0, 0.1) is 17.8 Å². The molecule has 0 aliphatic heterocycles. The lowest BCUT2D eigenvalue weighted by Gasteiger charge is -2.36. The lowest BCUT2D eigenvalue weighted by molar-refractivity contribution is -0.128. The molecule has 3 heteroatoms. The van der Waals surface area contributed by atoms with Crippen LogP contribution >= 0.6 is 11.6 Å². The Labute approximate surface area is 133 Å². The largest absolute Gasteiger partial charge is 0.299 e. The summed E-state index contributed by atoms with van der Waals surface area (Å²) in [5.41, 5.74) is 1.20. The molecule has 2 nitrogen and oxygen atoms in total. The minimum absolute atomic E-state index is 0.174. The Kier molecular flexibility index (Phi) is 5.45. The molecule has 0 saturated heterocycles. The van der Waals surface area contributed by atoms with Gasteiger partial charge in [-0.3, -0.25) is 9.69 Å². The maximum atomic E-state index is 12.3. The summed E-state index contributed by atoms with van der Waals surface area (Å²) in [5.74, 6) is 1.63. The van der Waals surface area contributed by atoms with Crippen LogP contribution in [-0.2, 0) is 4.79 Å². The van der Waals surface area contributed by atoms with E-state index in [9.17, 15) is 4.79 Å². The van der Waals surface area contributed by atoms with E-state index in [1.807, 2.05) is 18.2 Å². The molecule has 0 heterocycles. The molecule has 0 bridgehead atoms. The van der Waals surface area contributed by atoms with E-state index in [4.69, 9.17) is 11.6 Å². The van der Waals surface area contributed by atoms with Crippen molar-refractivity contribution in [3.63, 3.8) is 0 Å². The fourth-order valence-corrected chi connectivity index (χ4v) is 3.66. The smallest absolute Gasteiger partial charge is 0.137 e. The van der Waals surface area contributed by atoms with Gasteiger partial charge in [0.25, 0.3) is 0 Å². The topological polar surface area (TPSA) is 20.3 Å². The second kappa shape index (κ2) is 6.93.